The molecule has 98 valence electrons. The fourth-order valence-corrected chi connectivity index (χ4v) is 2.29. The van der Waals surface area contributed by atoms with Gasteiger partial charge in [0.05, 0.1) is 5.52 Å². The van der Waals surface area contributed by atoms with Crippen LogP contribution in [0, 0.1) is 0 Å². The highest BCUT2D eigenvalue weighted by molar-refractivity contribution is 5.91. The quantitative estimate of drug-likeness (QED) is 0.728. The molecule has 1 aliphatic heterocycles. The van der Waals surface area contributed by atoms with Crippen LogP contribution in [0.2, 0.25) is 0 Å². The van der Waals surface area contributed by atoms with Gasteiger partial charge in [0.1, 0.15) is 12.1 Å². The van der Waals surface area contributed by atoms with Crippen LogP contribution >= 0.6 is 0 Å². The largest absolute Gasteiger partial charge is 0.399 e. The van der Waals surface area contributed by atoms with Crippen LogP contribution in [-0.4, -0.2) is 35.5 Å². The van der Waals surface area contributed by atoms with Crippen molar-refractivity contribution in [3.8, 4) is 0 Å². The van der Waals surface area contributed by atoms with Crippen LogP contribution in [0.15, 0.2) is 24.5 Å². The fourth-order valence-electron chi connectivity index (χ4n) is 2.29. The van der Waals surface area contributed by atoms with Crippen molar-refractivity contribution >= 4 is 28.3 Å². The number of nitrogen functional groups attached to an aromatic ring is 1. The van der Waals surface area contributed by atoms with E-state index >= 15 is 0 Å². The van der Waals surface area contributed by atoms with Gasteiger partial charge in [-0.1, -0.05) is 0 Å². The summed E-state index contributed by atoms with van der Waals surface area (Å²) in [6, 6.07) is 5.59. The second-order valence-corrected chi connectivity index (χ2v) is 4.56. The van der Waals surface area contributed by atoms with Crippen LogP contribution in [0.3, 0.4) is 0 Å². The highest BCUT2D eigenvalue weighted by Gasteiger charge is 2.17. The van der Waals surface area contributed by atoms with Crippen molar-refractivity contribution in [1.29, 1.82) is 0 Å². The summed E-state index contributed by atoms with van der Waals surface area (Å²) < 4.78 is 0. The van der Waals surface area contributed by atoms with E-state index in [9.17, 15) is 4.79 Å². The van der Waals surface area contributed by atoms with Crippen molar-refractivity contribution in [2.24, 2.45) is 0 Å². The second-order valence-electron chi connectivity index (χ2n) is 4.56. The Morgan fingerprint density at radius 2 is 2.16 bits per heavy atom. The third-order valence-corrected chi connectivity index (χ3v) is 3.25. The van der Waals surface area contributed by atoms with Gasteiger partial charge >= 0.3 is 0 Å². The molecular weight excluding hydrogens is 242 g/mol. The predicted octanol–water partition coefficient (Wildman–Crippen LogP) is 0.538. The summed E-state index contributed by atoms with van der Waals surface area (Å²) >= 11 is 0. The minimum absolute atomic E-state index is 0.0837. The number of amides is 1. The topological polar surface area (TPSA) is 84.1 Å². The van der Waals surface area contributed by atoms with Crippen molar-refractivity contribution < 1.29 is 4.79 Å². The molecule has 6 nitrogen and oxygen atoms in total. The Labute approximate surface area is 110 Å². The molecule has 2 aromatic rings. The molecule has 1 fully saturated rings. The lowest BCUT2D eigenvalue weighted by Gasteiger charge is -2.21. The Bertz CT molecular complexity index is 627. The van der Waals surface area contributed by atoms with E-state index in [1.807, 2.05) is 18.2 Å². The molecule has 1 saturated heterocycles. The third kappa shape index (κ3) is 2.29. The summed E-state index contributed by atoms with van der Waals surface area (Å²) in [7, 11) is 0. The number of carbonyl (C=O) groups is 1. The number of rotatable bonds is 1. The minimum Gasteiger partial charge on any atom is -0.399 e. The van der Waals surface area contributed by atoms with Crippen LogP contribution < -0.4 is 16.0 Å². The molecule has 0 atom stereocenters. The summed E-state index contributed by atoms with van der Waals surface area (Å²) in [5.41, 5.74) is 7.39. The van der Waals surface area contributed by atoms with E-state index in [0.717, 1.165) is 23.3 Å². The van der Waals surface area contributed by atoms with Gasteiger partial charge in [0, 0.05) is 37.1 Å². The predicted molar refractivity (Wildman–Crippen MR) is 73.8 cm³/mol. The first-order chi connectivity index (χ1) is 9.24. The number of nitrogens with two attached hydrogens (primary N) is 1. The SMILES string of the molecule is Nc1ccc2ncnc(N3CCNC(=O)CC3)c2c1. The van der Waals surface area contributed by atoms with Gasteiger partial charge in [-0.3, -0.25) is 4.79 Å². The number of carbonyl (C=O) groups excluding carboxylic acids is 1. The van der Waals surface area contributed by atoms with E-state index in [4.69, 9.17) is 5.73 Å². The summed E-state index contributed by atoms with van der Waals surface area (Å²) in [5.74, 6) is 0.925. The van der Waals surface area contributed by atoms with Crippen molar-refractivity contribution in [3.05, 3.63) is 24.5 Å². The first-order valence-corrected chi connectivity index (χ1v) is 6.26. The smallest absolute Gasteiger partial charge is 0.221 e. The number of aromatic nitrogens is 2. The lowest BCUT2D eigenvalue weighted by atomic mass is 10.2. The van der Waals surface area contributed by atoms with Gasteiger partial charge in [-0.2, -0.15) is 0 Å². The van der Waals surface area contributed by atoms with Crippen molar-refractivity contribution in [2.75, 3.05) is 30.3 Å². The summed E-state index contributed by atoms with van der Waals surface area (Å²) in [5, 5.41) is 3.78. The molecule has 1 aromatic carbocycles. The molecule has 0 saturated carbocycles. The van der Waals surface area contributed by atoms with Gasteiger partial charge in [-0.25, -0.2) is 9.97 Å². The Hall–Kier alpha value is -2.37. The van der Waals surface area contributed by atoms with E-state index in [0.29, 0.717) is 25.2 Å². The van der Waals surface area contributed by atoms with Crippen molar-refractivity contribution in [3.63, 3.8) is 0 Å². The first kappa shape index (κ1) is 11.7. The molecule has 6 heteroatoms. The molecule has 1 aromatic heterocycles. The molecule has 2 heterocycles. The number of benzene rings is 1. The number of fused-ring (bicyclic) bond motifs is 1. The van der Waals surface area contributed by atoms with E-state index in [1.54, 1.807) is 6.33 Å². The molecule has 0 unspecified atom stereocenters. The number of nitrogens with zero attached hydrogens (tertiary/aromatic N) is 3. The summed E-state index contributed by atoms with van der Waals surface area (Å²) in [6.45, 7) is 2.03. The molecule has 3 rings (SSSR count). The molecule has 0 radical (unpaired) electrons. The number of anilines is 2. The van der Waals surface area contributed by atoms with Crippen LogP contribution in [0.4, 0.5) is 11.5 Å². The highest BCUT2D eigenvalue weighted by atomic mass is 16.1. The van der Waals surface area contributed by atoms with E-state index in [-0.39, 0.29) is 5.91 Å². The van der Waals surface area contributed by atoms with Crippen molar-refractivity contribution in [1.82, 2.24) is 15.3 Å². The Balaban J connectivity index is 2.04. The lowest BCUT2D eigenvalue weighted by Crippen LogP contribution is -2.29. The Kier molecular flexibility index (Phi) is 2.91. The molecule has 0 bridgehead atoms. The normalized spacial score (nSPS) is 16.2. The monoisotopic (exact) mass is 257 g/mol. The van der Waals surface area contributed by atoms with E-state index in [2.05, 4.69) is 20.2 Å². The van der Waals surface area contributed by atoms with Gasteiger partial charge in [0.15, 0.2) is 0 Å². The standard InChI is InChI=1S/C13H15N5O/c14-9-1-2-11-10(7-9)13(17-8-16-11)18-5-3-12(19)15-4-6-18/h1-2,7-8H,3-6,14H2,(H,15,19). The van der Waals surface area contributed by atoms with Gasteiger partial charge in [-0.15, -0.1) is 0 Å². The molecule has 3 N–H and O–H groups in total. The second kappa shape index (κ2) is 4.72. The summed E-state index contributed by atoms with van der Waals surface area (Å²) in [6.07, 6.45) is 2.03. The average Bonchev–Trinajstić information content (AvgIpc) is 2.63. The maximum Gasteiger partial charge on any atom is 0.221 e. The molecule has 0 spiro atoms. The van der Waals surface area contributed by atoms with Gasteiger partial charge in [0.2, 0.25) is 5.91 Å². The van der Waals surface area contributed by atoms with E-state index in [1.165, 1.54) is 0 Å². The van der Waals surface area contributed by atoms with E-state index < -0.39 is 0 Å². The molecular formula is C13H15N5O. The molecule has 1 aliphatic rings. The minimum atomic E-state index is 0.0837. The Morgan fingerprint density at radius 3 is 3.05 bits per heavy atom. The number of hydrogen-bond acceptors (Lipinski definition) is 5. The fraction of sp³-hybridized carbons (Fsp3) is 0.308. The first-order valence-electron chi connectivity index (χ1n) is 6.26. The van der Waals surface area contributed by atoms with Crippen LogP contribution in [0.5, 0.6) is 0 Å². The zero-order valence-electron chi connectivity index (χ0n) is 10.5. The van der Waals surface area contributed by atoms with Gasteiger partial charge in [-0.05, 0) is 18.2 Å². The number of nitrogens with one attached hydrogen (secondary N) is 1. The zero-order chi connectivity index (χ0) is 13.2. The van der Waals surface area contributed by atoms with Gasteiger partial charge in [0.25, 0.3) is 0 Å². The van der Waals surface area contributed by atoms with Gasteiger partial charge < -0.3 is 16.0 Å². The maximum absolute atomic E-state index is 11.4. The lowest BCUT2D eigenvalue weighted by molar-refractivity contribution is -0.120. The third-order valence-electron chi connectivity index (χ3n) is 3.25. The van der Waals surface area contributed by atoms with Crippen LogP contribution in [0.1, 0.15) is 6.42 Å². The molecule has 19 heavy (non-hydrogen) atoms. The maximum atomic E-state index is 11.4. The Morgan fingerprint density at radius 1 is 1.26 bits per heavy atom. The van der Waals surface area contributed by atoms with Crippen LogP contribution in [-0.2, 0) is 4.79 Å². The number of hydrogen-bond donors (Lipinski definition) is 2. The van der Waals surface area contributed by atoms with Crippen LogP contribution in [0.25, 0.3) is 10.9 Å². The molecule has 0 aliphatic carbocycles. The summed E-state index contributed by atoms with van der Waals surface area (Å²) in [4.78, 5) is 22.1. The highest BCUT2D eigenvalue weighted by Crippen LogP contribution is 2.25. The molecule has 1 amide bonds. The average molecular weight is 257 g/mol. The zero-order valence-corrected chi connectivity index (χ0v) is 10.5. The van der Waals surface area contributed by atoms with Crippen molar-refractivity contribution in [2.45, 2.75) is 6.42 Å².